The number of carboxylic acids is 1. The van der Waals surface area contributed by atoms with Crippen LogP contribution in [0.5, 0.6) is 0 Å². The Morgan fingerprint density at radius 2 is 1.03 bits per heavy atom. The minimum atomic E-state index is -0.879. The predicted molar refractivity (Wildman–Crippen MR) is 252 cm³/mol. The molecule has 0 aliphatic heterocycles. The van der Waals surface area contributed by atoms with Crippen LogP contribution >= 0.6 is 0 Å². The highest BCUT2D eigenvalue weighted by Crippen LogP contribution is 2.61. The zero-order chi connectivity index (χ0) is 45.7. The first kappa shape index (κ1) is 49.3. The van der Waals surface area contributed by atoms with Crippen LogP contribution in [0, 0.1) is 57.2 Å². The first-order chi connectivity index (χ1) is 29.9. The molecule has 6 aliphatic carbocycles. The van der Waals surface area contributed by atoms with E-state index >= 15 is 0 Å². The van der Waals surface area contributed by atoms with Crippen molar-refractivity contribution >= 4 is 11.8 Å². The maximum atomic E-state index is 12.9. The number of hydrogen-bond acceptors (Lipinski definition) is 7. The van der Waals surface area contributed by atoms with E-state index in [0.29, 0.717) is 47.5 Å². The number of benzene rings is 2. The number of allylic oxidation sites excluding steroid dienone is 3. The summed E-state index contributed by atoms with van der Waals surface area (Å²) in [6.45, 7) is 15.3. The van der Waals surface area contributed by atoms with E-state index in [4.69, 9.17) is 10.8 Å². The van der Waals surface area contributed by atoms with Crippen LogP contribution < -0.4 is 5.73 Å². The fourth-order valence-electron chi connectivity index (χ4n) is 13.9. The van der Waals surface area contributed by atoms with Gasteiger partial charge in [0, 0.05) is 25.2 Å². The second-order valence-corrected chi connectivity index (χ2v) is 22.1. The minimum Gasteiger partial charge on any atom is -0.478 e. The molecular formula is C55H81NO7. The van der Waals surface area contributed by atoms with Gasteiger partial charge >= 0.3 is 5.97 Å². The Bertz CT molecular complexity index is 1920. The van der Waals surface area contributed by atoms with Gasteiger partial charge in [0.15, 0.2) is 5.78 Å². The molecule has 0 amide bonds. The van der Waals surface area contributed by atoms with E-state index in [9.17, 15) is 30.0 Å². The van der Waals surface area contributed by atoms with Gasteiger partial charge in [-0.25, -0.2) is 4.79 Å². The lowest BCUT2D eigenvalue weighted by Crippen LogP contribution is -2.48. The average molecular weight is 868 g/mol. The molecule has 6 aliphatic rings. The van der Waals surface area contributed by atoms with Crippen molar-refractivity contribution in [2.24, 2.45) is 62.9 Å². The Morgan fingerprint density at radius 1 is 0.603 bits per heavy atom. The Hall–Kier alpha value is -3.14. The summed E-state index contributed by atoms with van der Waals surface area (Å²) in [5.74, 6) is 1.66. The van der Waals surface area contributed by atoms with Crippen LogP contribution in [0.1, 0.15) is 165 Å². The predicted octanol–water partition coefficient (Wildman–Crippen LogP) is 10.6. The second-order valence-electron chi connectivity index (χ2n) is 22.1. The number of aliphatic hydroxyl groups excluding tert-OH is 4. The van der Waals surface area contributed by atoms with Crippen LogP contribution in [0.3, 0.4) is 0 Å². The van der Waals surface area contributed by atoms with Gasteiger partial charge in [-0.2, -0.15) is 0 Å². The second kappa shape index (κ2) is 20.6. The normalized spacial score (nSPS) is 34.5. The quantitative estimate of drug-likeness (QED) is 0.102. The zero-order valence-corrected chi connectivity index (χ0v) is 39.5. The van der Waals surface area contributed by atoms with Crippen molar-refractivity contribution in [2.45, 2.75) is 156 Å². The van der Waals surface area contributed by atoms with Gasteiger partial charge in [-0.1, -0.05) is 112 Å². The summed E-state index contributed by atoms with van der Waals surface area (Å²) < 4.78 is 0. The highest BCUT2D eigenvalue weighted by atomic mass is 16.4. The van der Waals surface area contributed by atoms with Crippen molar-refractivity contribution in [2.75, 3.05) is 19.8 Å². The molecule has 63 heavy (non-hydrogen) atoms. The van der Waals surface area contributed by atoms with E-state index in [1.807, 2.05) is 30.3 Å². The lowest BCUT2D eigenvalue weighted by atomic mass is 9.53. The number of carbonyl (C=O) groups is 2. The Labute approximate surface area is 378 Å². The lowest BCUT2D eigenvalue weighted by Gasteiger charge is -2.52. The molecule has 8 nitrogen and oxygen atoms in total. The van der Waals surface area contributed by atoms with E-state index in [-0.39, 0.29) is 59.3 Å². The third kappa shape index (κ3) is 10.6. The molecule has 2 saturated carbocycles. The maximum Gasteiger partial charge on any atom is 0.335 e. The van der Waals surface area contributed by atoms with Gasteiger partial charge in [-0.15, -0.1) is 0 Å². The summed E-state index contributed by atoms with van der Waals surface area (Å²) >= 11 is 0. The number of aromatic carboxylic acids is 1. The largest absolute Gasteiger partial charge is 0.478 e. The first-order valence-corrected chi connectivity index (χ1v) is 24.5. The van der Waals surface area contributed by atoms with Gasteiger partial charge in [-0.3, -0.25) is 4.79 Å². The van der Waals surface area contributed by atoms with Gasteiger partial charge in [0.25, 0.3) is 0 Å². The molecular weight excluding hydrogens is 787 g/mol. The van der Waals surface area contributed by atoms with Crippen molar-refractivity contribution in [3.63, 3.8) is 0 Å². The summed E-state index contributed by atoms with van der Waals surface area (Å²) in [7, 11) is 0. The van der Waals surface area contributed by atoms with Gasteiger partial charge in [0.1, 0.15) is 0 Å². The van der Waals surface area contributed by atoms with E-state index in [1.54, 1.807) is 52.6 Å². The highest BCUT2D eigenvalue weighted by molar-refractivity contribution is 5.96. The number of carboxylic acid groups (broad SMARTS) is 1. The number of hydrogen-bond donors (Lipinski definition) is 6. The van der Waals surface area contributed by atoms with Gasteiger partial charge in [0.2, 0.25) is 0 Å². The summed E-state index contributed by atoms with van der Waals surface area (Å²) in [6, 6.07) is 18.0. The Balaban J connectivity index is 0.000000180. The van der Waals surface area contributed by atoms with Gasteiger partial charge < -0.3 is 31.3 Å². The summed E-state index contributed by atoms with van der Waals surface area (Å²) in [5, 5.41) is 48.9. The van der Waals surface area contributed by atoms with E-state index in [0.717, 1.165) is 69.9 Å². The smallest absolute Gasteiger partial charge is 0.335 e. The number of carbonyl (C=O) groups excluding carboxylic acids is 1. The van der Waals surface area contributed by atoms with E-state index in [1.165, 1.54) is 32.1 Å². The molecule has 0 aromatic heterocycles. The fourth-order valence-corrected chi connectivity index (χ4v) is 13.9. The molecule has 8 heteroatoms. The number of rotatable bonds is 10. The average Bonchev–Trinajstić information content (AvgIpc) is 3.78. The molecule has 0 heterocycles. The van der Waals surface area contributed by atoms with Crippen LogP contribution in [-0.4, -0.2) is 69.3 Å². The van der Waals surface area contributed by atoms with Gasteiger partial charge in [0.05, 0.1) is 17.8 Å². The Morgan fingerprint density at radius 3 is 1.44 bits per heavy atom. The summed E-state index contributed by atoms with van der Waals surface area (Å²) in [5.41, 5.74) is 14.8. The molecule has 10 atom stereocenters. The van der Waals surface area contributed by atoms with E-state index < -0.39 is 5.97 Å². The maximum absolute atomic E-state index is 12.9. The number of Topliss-reactive ketones (excluding diaryl/α,β-unsaturated/α-hetero) is 1. The standard InChI is InChI=1S/C28H40O3.C20H35NO2.C7H6O2/c1-27(2)15-14-23-22(9-12-26(31)19-7-5-4-6-8-19)25(11-10-24(23)27)28(3)16-13-21(30)17-20(28)18-29;1-19(2)8-7-15-16(11-21)18(5-4-17(15)19)20(3)9-6-14(23)10-13(20)12-22;8-7(9)6-4-2-1-3-5-6/h4-8,20-22,25,29-30H,9-18H2,1-3H3;13-14,16,18,22-23H,4-12,21H2,1-3H3;1-5H,(H,8,9)/t20-,21+,22+,25+,28+;13-,14+,16+,18+,20+;/m11./s1. The highest BCUT2D eigenvalue weighted by Gasteiger charge is 2.53. The summed E-state index contributed by atoms with van der Waals surface area (Å²) in [6.07, 6.45) is 15.7. The number of ketones is 1. The molecule has 348 valence electrons. The molecule has 2 aromatic rings. The third-order valence-corrected chi connectivity index (χ3v) is 17.9. The number of nitrogens with two attached hydrogens (primary N) is 1. The fraction of sp³-hybridized carbons (Fsp3) is 0.673. The molecule has 7 N–H and O–H groups in total. The first-order valence-electron chi connectivity index (χ1n) is 24.5. The zero-order valence-electron chi connectivity index (χ0n) is 39.5. The van der Waals surface area contributed by atoms with Crippen LogP contribution in [-0.2, 0) is 0 Å². The van der Waals surface area contributed by atoms with Crippen molar-refractivity contribution in [3.05, 3.63) is 94.1 Å². The molecule has 0 radical (unpaired) electrons. The SMILES string of the molecule is CC1(C)CCC2=C1CC[C@H]([C@@]1(C)CC[C@H](O)C[C@@H]1CO)[C@H]2CCC(=O)c1ccccc1.CC1(C)CCC2=C1CC[C@H]([C@@]1(C)CC[C@H](O)C[C@@H]1CO)[C@H]2CN.O=C(O)c1ccccc1. The molecule has 0 bridgehead atoms. The van der Waals surface area contributed by atoms with E-state index in [2.05, 4.69) is 41.5 Å². The third-order valence-electron chi connectivity index (χ3n) is 17.9. The van der Waals surface area contributed by atoms with Crippen molar-refractivity contribution < 1.29 is 35.1 Å². The molecule has 2 aromatic carbocycles. The lowest BCUT2D eigenvalue weighted by molar-refractivity contribution is -0.0593. The Kier molecular flexibility index (Phi) is 16.1. The summed E-state index contributed by atoms with van der Waals surface area (Å²) in [4.78, 5) is 23.1. The molecule has 8 rings (SSSR count). The van der Waals surface area contributed by atoms with Crippen LogP contribution in [0.2, 0.25) is 0 Å². The minimum absolute atomic E-state index is 0.0275. The molecule has 0 spiro atoms. The van der Waals surface area contributed by atoms with Crippen LogP contribution in [0.25, 0.3) is 0 Å². The van der Waals surface area contributed by atoms with Gasteiger partial charge in [-0.05, 0) is 172 Å². The number of aliphatic hydroxyl groups is 4. The monoisotopic (exact) mass is 868 g/mol. The topological polar surface area (TPSA) is 161 Å². The van der Waals surface area contributed by atoms with Crippen LogP contribution in [0.15, 0.2) is 83.0 Å². The van der Waals surface area contributed by atoms with Crippen LogP contribution in [0.4, 0.5) is 0 Å². The van der Waals surface area contributed by atoms with Crippen molar-refractivity contribution in [1.82, 2.24) is 0 Å². The molecule has 0 saturated heterocycles. The molecule has 2 fully saturated rings. The van der Waals surface area contributed by atoms with Crippen molar-refractivity contribution in [1.29, 1.82) is 0 Å². The molecule has 0 unspecified atom stereocenters. The van der Waals surface area contributed by atoms with Crippen molar-refractivity contribution in [3.8, 4) is 0 Å².